The quantitative estimate of drug-likeness (QED) is 0.318. The van der Waals surface area contributed by atoms with Gasteiger partial charge in [0.15, 0.2) is 0 Å². The standard InChI is InChI=1S/C10H10ClN3.C8H4Cl2N2/c1-14(2)9-7-5-3-4-6-8(7)12-10(11)13-9;9-7-5-3-1-2-4-6(5)11-8(10)12-7/h3-6H,1-2H3;1-4H. The molecule has 8 heteroatoms. The molecule has 0 aliphatic heterocycles. The second kappa shape index (κ2) is 7.99. The summed E-state index contributed by atoms with van der Waals surface area (Å²) in [4.78, 5) is 18.1. The maximum Gasteiger partial charge on any atom is 0.224 e. The summed E-state index contributed by atoms with van der Waals surface area (Å²) in [6, 6.07) is 15.3. The zero-order valence-electron chi connectivity index (χ0n) is 14.0. The highest BCUT2D eigenvalue weighted by molar-refractivity contribution is 6.35. The third-order valence-electron chi connectivity index (χ3n) is 3.51. The van der Waals surface area contributed by atoms with Crippen LogP contribution in [0.3, 0.4) is 0 Å². The maximum atomic E-state index is 5.83. The minimum absolute atomic E-state index is 0.179. The Hall–Kier alpha value is -2.21. The molecule has 0 aliphatic rings. The van der Waals surface area contributed by atoms with Crippen molar-refractivity contribution in [3.63, 3.8) is 0 Å². The topological polar surface area (TPSA) is 54.8 Å². The van der Waals surface area contributed by atoms with Crippen molar-refractivity contribution in [3.05, 3.63) is 64.3 Å². The van der Waals surface area contributed by atoms with E-state index >= 15 is 0 Å². The maximum absolute atomic E-state index is 5.83. The van der Waals surface area contributed by atoms with Crippen molar-refractivity contribution in [2.45, 2.75) is 0 Å². The van der Waals surface area contributed by atoms with Gasteiger partial charge in [0.05, 0.1) is 11.0 Å². The summed E-state index contributed by atoms with van der Waals surface area (Å²) in [5.74, 6) is 0.848. The van der Waals surface area contributed by atoms with Gasteiger partial charge in [0.25, 0.3) is 0 Å². The first-order valence-corrected chi connectivity index (χ1v) is 8.76. The van der Waals surface area contributed by atoms with Gasteiger partial charge in [-0.3, -0.25) is 0 Å². The minimum Gasteiger partial charge on any atom is -0.362 e. The van der Waals surface area contributed by atoms with Crippen molar-refractivity contribution in [2.75, 3.05) is 19.0 Å². The van der Waals surface area contributed by atoms with Crippen molar-refractivity contribution in [3.8, 4) is 0 Å². The fourth-order valence-electron chi connectivity index (χ4n) is 2.38. The summed E-state index contributed by atoms with van der Waals surface area (Å²) in [7, 11) is 3.87. The second-order valence-corrected chi connectivity index (χ2v) is 6.56. The highest BCUT2D eigenvalue weighted by Gasteiger charge is 2.06. The van der Waals surface area contributed by atoms with Crippen LogP contribution in [0.4, 0.5) is 5.82 Å². The Bertz CT molecular complexity index is 1070. The molecule has 2 aromatic carbocycles. The van der Waals surface area contributed by atoms with E-state index in [1.807, 2.05) is 67.5 Å². The Labute approximate surface area is 165 Å². The number of anilines is 1. The summed E-state index contributed by atoms with van der Waals surface area (Å²) in [6.45, 7) is 0. The number of benzene rings is 2. The second-order valence-electron chi connectivity index (χ2n) is 5.53. The molecule has 0 saturated carbocycles. The van der Waals surface area contributed by atoms with Crippen LogP contribution in [0, 0.1) is 0 Å². The van der Waals surface area contributed by atoms with Crippen molar-refractivity contribution in [1.82, 2.24) is 19.9 Å². The Morgan fingerprint density at radius 3 is 1.77 bits per heavy atom. The van der Waals surface area contributed by atoms with Gasteiger partial charge < -0.3 is 4.90 Å². The first kappa shape index (κ1) is 18.6. The number of nitrogens with zero attached hydrogens (tertiary/aromatic N) is 5. The normalized spacial score (nSPS) is 10.5. The average molecular weight is 407 g/mol. The number of hydrogen-bond acceptors (Lipinski definition) is 5. The molecule has 0 N–H and O–H groups in total. The molecule has 0 saturated heterocycles. The summed E-state index contributed by atoms with van der Waals surface area (Å²) >= 11 is 17.3. The number of rotatable bonds is 1. The summed E-state index contributed by atoms with van der Waals surface area (Å²) in [6.07, 6.45) is 0. The van der Waals surface area contributed by atoms with Gasteiger partial charge in [-0.25, -0.2) is 15.0 Å². The minimum atomic E-state index is 0.179. The van der Waals surface area contributed by atoms with E-state index in [0.717, 1.165) is 27.6 Å². The van der Waals surface area contributed by atoms with E-state index in [-0.39, 0.29) is 10.6 Å². The van der Waals surface area contributed by atoms with Gasteiger partial charge in [0, 0.05) is 24.9 Å². The van der Waals surface area contributed by atoms with E-state index in [1.54, 1.807) is 0 Å². The van der Waals surface area contributed by atoms with Gasteiger partial charge in [-0.15, -0.1) is 0 Å². The fraction of sp³-hybridized carbons (Fsp3) is 0.111. The molecule has 0 unspecified atom stereocenters. The highest BCUT2D eigenvalue weighted by Crippen LogP contribution is 2.23. The van der Waals surface area contributed by atoms with Crippen LogP contribution in [-0.4, -0.2) is 34.0 Å². The molecule has 2 aromatic heterocycles. The predicted molar refractivity (Wildman–Crippen MR) is 108 cm³/mol. The van der Waals surface area contributed by atoms with Crippen LogP contribution >= 0.6 is 34.8 Å². The Kier molecular flexibility index (Phi) is 5.71. The zero-order chi connectivity index (χ0) is 18.7. The molecule has 0 spiro atoms. The van der Waals surface area contributed by atoms with E-state index in [4.69, 9.17) is 34.8 Å². The highest BCUT2D eigenvalue weighted by atomic mass is 35.5. The van der Waals surface area contributed by atoms with Crippen LogP contribution < -0.4 is 4.90 Å². The molecule has 5 nitrogen and oxygen atoms in total. The lowest BCUT2D eigenvalue weighted by Gasteiger charge is -2.13. The molecule has 0 aliphatic carbocycles. The molecule has 0 radical (unpaired) electrons. The molecule has 0 bridgehead atoms. The fourth-order valence-corrected chi connectivity index (χ4v) is 3.01. The lowest BCUT2D eigenvalue weighted by molar-refractivity contribution is 1.06. The summed E-state index contributed by atoms with van der Waals surface area (Å²) in [5.41, 5.74) is 1.64. The largest absolute Gasteiger partial charge is 0.362 e. The molecule has 132 valence electrons. The lowest BCUT2D eigenvalue weighted by Crippen LogP contribution is -2.11. The van der Waals surface area contributed by atoms with Crippen molar-refractivity contribution in [1.29, 1.82) is 0 Å². The summed E-state index contributed by atoms with van der Waals surface area (Å²) in [5, 5.41) is 2.70. The molecule has 0 atom stereocenters. The first-order chi connectivity index (χ1) is 12.5. The number of para-hydroxylation sites is 2. The summed E-state index contributed by atoms with van der Waals surface area (Å²) < 4.78 is 0. The Morgan fingerprint density at radius 2 is 1.15 bits per heavy atom. The molecule has 4 aromatic rings. The number of halogens is 3. The number of hydrogen-bond donors (Lipinski definition) is 0. The van der Waals surface area contributed by atoms with Crippen molar-refractivity contribution in [2.24, 2.45) is 0 Å². The van der Waals surface area contributed by atoms with Gasteiger partial charge >= 0.3 is 0 Å². The van der Waals surface area contributed by atoms with E-state index in [2.05, 4.69) is 19.9 Å². The van der Waals surface area contributed by atoms with Crippen LogP contribution in [0.1, 0.15) is 0 Å². The molecular weight excluding hydrogens is 393 g/mol. The molecule has 0 fully saturated rings. The lowest BCUT2D eigenvalue weighted by atomic mass is 10.2. The van der Waals surface area contributed by atoms with Gasteiger partial charge in [0.2, 0.25) is 10.6 Å². The molecule has 26 heavy (non-hydrogen) atoms. The van der Waals surface area contributed by atoms with Gasteiger partial charge in [-0.1, -0.05) is 35.9 Å². The van der Waals surface area contributed by atoms with Gasteiger partial charge in [-0.05, 0) is 47.5 Å². The smallest absolute Gasteiger partial charge is 0.224 e. The van der Waals surface area contributed by atoms with Gasteiger partial charge in [0.1, 0.15) is 11.0 Å². The average Bonchev–Trinajstić information content (AvgIpc) is 2.61. The van der Waals surface area contributed by atoms with E-state index in [1.165, 1.54) is 0 Å². The van der Waals surface area contributed by atoms with Gasteiger partial charge in [-0.2, -0.15) is 4.98 Å². The molecule has 0 amide bonds. The van der Waals surface area contributed by atoms with E-state index in [0.29, 0.717) is 5.15 Å². The van der Waals surface area contributed by atoms with Crippen LogP contribution in [0.2, 0.25) is 15.7 Å². The van der Waals surface area contributed by atoms with E-state index in [9.17, 15) is 0 Å². The van der Waals surface area contributed by atoms with Crippen LogP contribution in [0.5, 0.6) is 0 Å². The molecule has 4 rings (SSSR count). The van der Waals surface area contributed by atoms with Crippen molar-refractivity contribution >= 4 is 62.4 Å². The monoisotopic (exact) mass is 405 g/mol. The SMILES string of the molecule is CN(C)c1nc(Cl)nc2ccccc12.Clc1nc(Cl)c2ccccc2n1. The number of aromatic nitrogens is 4. The van der Waals surface area contributed by atoms with E-state index < -0.39 is 0 Å². The van der Waals surface area contributed by atoms with Crippen LogP contribution in [-0.2, 0) is 0 Å². The first-order valence-electron chi connectivity index (χ1n) is 7.63. The third kappa shape index (κ3) is 4.12. The molecule has 2 heterocycles. The van der Waals surface area contributed by atoms with Crippen LogP contribution in [0.25, 0.3) is 21.8 Å². The Balaban J connectivity index is 0.000000152. The third-order valence-corrected chi connectivity index (χ3v) is 4.14. The zero-order valence-corrected chi connectivity index (χ0v) is 16.3. The molecular formula is C18H14Cl3N5. The number of fused-ring (bicyclic) bond motifs is 2. The van der Waals surface area contributed by atoms with Crippen LogP contribution in [0.15, 0.2) is 48.5 Å². The Morgan fingerprint density at radius 1 is 0.654 bits per heavy atom. The predicted octanol–water partition coefficient (Wildman–Crippen LogP) is 5.29. The van der Waals surface area contributed by atoms with Crippen molar-refractivity contribution < 1.29 is 0 Å².